The first-order chi connectivity index (χ1) is 16.0. The summed E-state index contributed by atoms with van der Waals surface area (Å²) in [5.41, 5.74) is 26.5. The van der Waals surface area contributed by atoms with Crippen molar-refractivity contribution in [1.82, 2.24) is 0 Å². The molecule has 0 saturated heterocycles. The van der Waals surface area contributed by atoms with Gasteiger partial charge in [-0.2, -0.15) is 0 Å². The highest BCUT2D eigenvalue weighted by atomic mass is 14.7. The zero-order valence-corrected chi connectivity index (χ0v) is 22.9. The first-order valence-electron chi connectivity index (χ1n) is 15.1. The van der Waals surface area contributed by atoms with Crippen LogP contribution in [0.5, 0.6) is 0 Å². The fourth-order valence-corrected chi connectivity index (χ4v) is 8.91. The van der Waals surface area contributed by atoms with Gasteiger partial charge in [-0.05, 0) is 158 Å². The molecule has 34 heavy (non-hydrogen) atoms. The lowest BCUT2D eigenvalue weighted by atomic mass is 9.53. The monoisotopic (exact) mass is 474 g/mol. The molecule has 0 aromatic carbocycles. The van der Waals surface area contributed by atoms with Crippen LogP contribution >= 0.6 is 0 Å². The van der Waals surface area contributed by atoms with E-state index in [0.29, 0.717) is 17.5 Å². The third kappa shape index (κ3) is 6.39. The fourth-order valence-electron chi connectivity index (χ4n) is 8.91. The molecule has 4 aliphatic rings. The summed E-state index contributed by atoms with van der Waals surface area (Å²) in [6.45, 7) is 7.27. The summed E-state index contributed by atoms with van der Waals surface area (Å²) in [4.78, 5) is 0. The Bertz CT molecular complexity index is 572. The van der Waals surface area contributed by atoms with Gasteiger partial charge in [-0.15, -0.1) is 0 Å². The minimum atomic E-state index is 0.0474. The summed E-state index contributed by atoms with van der Waals surface area (Å²) in [6, 6.07) is 0.856. The van der Waals surface area contributed by atoms with Gasteiger partial charge in [-0.3, -0.25) is 0 Å². The van der Waals surface area contributed by atoms with Crippen LogP contribution in [-0.2, 0) is 0 Å². The van der Waals surface area contributed by atoms with E-state index in [2.05, 4.69) is 20.8 Å². The maximum Gasteiger partial charge on any atom is 0.0126 e. The second-order valence-corrected chi connectivity index (χ2v) is 14.6. The largest absolute Gasteiger partial charge is 0.328 e. The van der Waals surface area contributed by atoms with E-state index in [9.17, 15) is 0 Å². The highest BCUT2D eigenvalue weighted by Crippen LogP contribution is 2.56. The van der Waals surface area contributed by atoms with Crippen LogP contribution in [0.25, 0.3) is 0 Å². The third-order valence-electron chi connectivity index (χ3n) is 11.6. The standard InChI is InChI=1S/C30H58N4/c1-28(33)16-12-21(13-17-28)27(22-14-18-29(2,34)19-15-22)20-30(3,23-4-8-25(31)9-5-23)24-6-10-26(32)11-7-24/h21-27H,4-20,31-34H2,1-3H3. The summed E-state index contributed by atoms with van der Waals surface area (Å²) in [5.74, 6) is 4.20. The molecule has 0 heterocycles. The van der Waals surface area contributed by atoms with Crippen molar-refractivity contribution in [1.29, 1.82) is 0 Å². The molecule has 0 spiro atoms. The van der Waals surface area contributed by atoms with Crippen LogP contribution in [0, 0.1) is 35.0 Å². The van der Waals surface area contributed by atoms with Gasteiger partial charge in [0.15, 0.2) is 0 Å². The van der Waals surface area contributed by atoms with Crippen molar-refractivity contribution in [3.05, 3.63) is 0 Å². The normalized spacial score (nSPS) is 47.0. The molecular formula is C30H58N4. The summed E-state index contributed by atoms with van der Waals surface area (Å²) >= 11 is 0. The first-order valence-corrected chi connectivity index (χ1v) is 15.1. The first kappa shape index (κ1) is 26.9. The van der Waals surface area contributed by atoms with Gasteiger partial charge in [0.2, 0.25) is 0 Å². The molecule has 4 nitrogen and oxygen atoms in total. The van der Waals surface area contributed by atoms with E-state index in [1.54, 1.807) is 0 Å². The van der Waals surface area contributed by atoms with Crippen molar-refractivity contribution in [2.45, 2.75) is 153 Å². The SMILES string of the molecule is CC1(N)CCC(C(CC(C)(C2CCC(N)CC2)C2CCC(N)CC2)C2CCC(C)(N)CC2)CC1. The molecule has 0 aromatic rings. The number of hydrogen-bond acceptors (Lipinski definition) is 4. The number of hydrogen-bond donors (Lipinski definition) is 4. The minimum absolute atomic E-state index is 0.0474. The lowest BCUT2D eigenvalue weighted by molar-refractivity contribution is -0.0226. The van der Waals surface area contributed by atoms with Gasteiger partial charge in [0.1, 0.15) is 0 Å². The topological polar surface area (TPSA) is 104 Å². The Morgan fingerprint density at radius 1 is 0.618 bits per heavy atom. The van der Waals surface area contributed by atoms with Crippen molar-refractivity contribution < 1.29 is 0 Å². The van der Waals surface area contributed by atoms with Gasteiger partial charge in [0.25, 0.3) is 0 Å². The second-order valence-electron chi connectivity index (χ2n) is 14.6. The van der Waals surface area contributed by atoms with Gasteiger partial charge in [0.05, 0.1) is 0 Å². The van der Waals surface area contributed by atoms with Crippen LogP contribution in [-0.4, -0.2) is 23.2 Å². The van der Waals surface area contributed by atoms with Crippen LogP contribution in [0.15, 0.2) is 0 Å². The molecule has 198 valence electrons. The van der Waals surface area contributed by atoms with Gasteiger partial charge in [0, 0.05) is 23.2 Å². The molecule has 8 N–H and O–H groups in total. The Morgan fingerprint density at radius 2 is 0.941 bits per heavy atom. The van der Waals surface area contributed by atoms with E-state index in [1.165, 1.54) is 109 Å². The quantitative estimate of drug-likeness (QED) is 0.387. The average molecular weight is 475 g/mol. The van der Waals surface area contributed by atoms with Crippen LogP contribution < -0.4 is 22.9 Å². The van der Waals surface area contributed by atoms with E-state index >= 15 is 0 Å². The molecule has 0 unspecified atom stereocenters. The van der Waals surface area contributed by atoms with Gasteiger partial charge < -0.3 is 22.9 Å². The molecule has 4 rings (SSSR count). The maximum absolute atomic E-state index is 6.60. The van der Waals surface area contributed by atoms with Gasteiger partial charge >= 0.3 is 0 Å². The van der Waals surface area contributed by atoms with Crippen LogP contribution in [0.2, 0.25) is 0 Å². The molecule has 0 radical (unpaired) electrons. The van der Waals surface area contributed by atoms with Crippen molar-refractivity contribution in [2.75, 3.05) is 0 Å². The number of nitrogens with two attached hydrogens (primary N) is 4. The lowest BCUT2D eigenvalue weighted by Crippen LogP contribution is -2.48. The van der Waals surface area contributed by atoms with Crippen molar-refractivity contribution in [3.63, 3.8) is 0 Å². The molecule has 0 atom stereocenters. The van der Waals surface area contributed by atoms with E-state index < -0.39 is 0 Å². The summed E-state index contributed by atoms with van der Waals surface area (Å²) in [7, 11) is 0. The van der Waals surface area contributed by atoms with Crippen LogP contribution in [0.3, 0.4) is 0 Å². The predicted octanol–water partition coefficient (Wildman–Crippen LogP) is 5.85. The zero-order valence-electron chi connectivity index (χ0n) is 22.9. The van der Waals surface area contributed by atoms with Crippen molar-refractivity contribution in [2.24, 2.45) is 57.9 Å². The molecule has 0 aliphatic heterocycles. The van der Waals surface area contributed by atoms with Crippen LogP contribution in [0.1, 0.15) is 130 Å². The van der Waals surface area contributed by atoms with Gasteiger partial charge in [-0.1, -0.05) is 6.92 Å². The fraction of sp³-hybridized carbons (Fsp3) is 1.00. The van der Waals surface area contributed by atoms with Crippen molar-refractivity contribution in [3.8, 4) is 0 Å². The molecule has 4 fully saturated rings. The lowest BCUT2D eigenvalue weighted by Gasteiger charge is -2.53. The number of rotatable bonds is 6. The molecule has 4 saturated carbocycles. The Hall–Kier alpha value is -0.160. The maximum atomic E-state index is 6.60. The summed E-state index contributed by atoms with van der Waals surface area (Å²) < 4.78 is 0. The molecule has 4 heteroatoms. The summed E-state index contributed by atoms with van der Waals surface area (Å²) in [5, 5.41) is 0. The Balaban J connectivity index is 1.58. The Morgan fingerprint density at radius 3 is 1.26 bits per heavy atom. The molecular weight excluding hydrogens is 416 g/mol. The Kier molecular flexibility index (Phi) is 8.44. The third-order valence-corrected chi connectivity index (χ3v) is 11.6. The van der Waals surface area contributed by atoms with Gasteiger partial charge in [-0.25, -0.2) is 0 Å². The smallest absolute Gasteiger partial charge is 0.0126 e. The zero-order chi connectivity index (χ0) is 24.6. The molecule has 4 aliphatic carbocycles. The highest BCUT2D eigenvalue weighted by Gasteiger charge is 2.48. The molecule has 0 amide bonds. The molecule has 0 aromatic heterocycles. The molecule has 0 bridgehead atoms. The predicted molar refractivity (Wildman–Crippen MR) is 145 cm³/mol. The van der Waals surface area contributed by atoms with Crippen LogP contribution in [0.4, 0.5) is 0 Å². The van der Waals surface area contributed by atoms with Crippen molar-refractivity contribution >= 4 is 0 Å². The minimum Gasteiger partial charge on any atom is -0.328 e. The second kappa shape index (κ2) is 10.7. The van der Waals surface area contributed by atoms with E-state index in [0.717, 1.165) is 29.6 Å². The average Bonchev–Trinajstić information content (AvgIpc) is 2.79. The van der Waals surface area contributed by atoms with E-state index in [-0.39, 0.29) is 11.1 Å². The van der Waals surface area contributed by atoms with E-state index in [1.807, 2.05) is 0 Å². The van der Waals surface area contributed by atoms with E-state index in [4.69, 9.17) is 22.9 Å². The Labute approximate surface area is 211 Å². The highest BCUT2D eigenvalue weighted by molar-refractivity contribution is 5.00. The summed E-state index contributed by atoms with van der Waals surface area (Å²) in [6.07, 6.45) is 21.8.